The van der Waals surface area contributed by atoms with E-state index in [0.29, 0.717) is 40.0 Å². The summed E-state index contributed by atoms with van der Waals surface area (Å²) >= 11 is 6.28. The predicted molar refractivity (Wildman–Crippen MR) is 121 cm³/mol. The number of carbonyl (C=O) groups is 1. The monoisotopic (exact) mass is 459 g/mol. The number of halogens is 1. The maximum atomic E-state index is 13.1. The fourth-order valence-corrected chi connectivity index (χ4v) is 5.15. The first-order valence-corrected chi connectivity index (χ1v) is 12.0. The summed E-state index contributed by atoms with van der Waals surface area (Å²) in [5.41, 5.74) is 3.28. The number of benzene rings is 2. The van der Waals surface area contributed by atoms with Crippen LogP contribution in [0.4, 0.5) is 11.4 Å². The van der Waals surface area contributed by atoms with Crippen LogP contribution in [0.3, 0.4) is 0 Å². The smallest absolute Gasteiger partial charge is 0.261 e. The van der Waals surface area contributed by atoms with Crippen LogP contribution in [0, 0.1) is 6.92 Å². The van der Waals surface area contributed by atoms with Gasteiger partial charge in [0.15, 0.2) is 0 Å². The highest BCUT2D eigenvalue weighted by molar-refractivity contribution is 7.92. The largest absolute Gasteiger partial charge is 0.360 e. The Morgan fingerprint density at radius 3 is 2.77 bits per heavy atom. The lowest BCUT2D eigenvalue weighted by atomic mass is 10.0. The normalized spacial score (nSPS) is 13.7. The SMILES string of the molecule is CCS(=O)(=O)N1CCCc2ccc(NC(=O)c3c(-c4ccccc4Cl)noc3C)cc21. The minimum Gasteiger partial charge on any atom is -0.360 e. The summed E-state index contributed by atoms with van der Waals surface area (Å²) in [7, 11) is -3.40. The van der Waals surface area contributed by atoms with Crippen LogP contribution in [0.2, 0.25) is 5.02 Å². The molecule has 2 heterocycles. The van der Waals surface area contributed by atoms with Crippen LogP contribution in [-0.4, -0.2) is 31.8 Å². The van der Waals surface area contributed by atoms with E-state index >= 15 is 0 Å². The molecule has 31 heavy (non-hydrogen) atoms. The minimum atomic E-state index is -3.40. The molecule has 3 aromatic rings. The third-order valence-electron chi connectivity index (χ3n) is 5.34. The van der Waals surface area contributed by atoms with E-state index in [1.165, 1.54) is 4.31 Å². The van der Waals surface area contributed by atoms with E-state index in [2.05, 4.69) is 10.5 Å². The molecule has 1 aliphatic heterocycles. The van der Waals surface area contributed by atoms with Crippen molar-refractivity contribution in [1.29, 1.82) is 0 Å². The van der Waals surface area contributed by atoms with Crippen molar-refractivity contribution in [1.82, 2.24) is 5.16 Å². The molecule has 0 saturated carbocycles. The summed E-state index contributed by atoms with van der Waals surface area (Å²) in [6, 6.07) is 12.4. The van der Waals surface area contributed by atoms with Gasteiger partial charge in [0.05, 0.1) is 16.5 Å². The third-order valence-corrected chi connectivity index (χ3v) is 7.45. The molecule has 0 atom stereocenters. The predicted octanol–water partition coefficient (Wildman–Crippen LogP) is 4.66. The van der Waals surface area contributed by atoms with E-state index in [4.69, 9.17) is 16.1 Å². The Morgan fingerprint density at radius 1 is 1.26 bits per heavy atom. The van der Waals surface area contributed by atoms with Gasteiger partial charge in [-0.3, -0.25) is 9.10 Å². The zero-order chi connectivity index (χ0) is 22.2. The van der Waals surface area contributed by atoms with Gasteiger partial charge in [-0.1, -0.05) is 41.0 Å². The molecule has 1 aromatic heterocycles. The molecular formula is C22H22ClN3O4S. The number of carbonyl (C=O) groups excluding carboxylic acids is 1. The highest BCUT2D eigenvalue weighted by atomic mass is 35.5. The van der Waals surface area contributed by atoms with Crippen molar-refractivity contribution < 1.29 is 17.7 Å². The molecular weight excluding hydrogens is 438 g/mol. The van der Waals surface area contributed by atoms with Gasteiger partial charge >= 0.3 is 0 Å². The fraction of sp³-hybridized carbons (Fsp3) is 0.273. The summed E-state index contributed by atoms with van der Waals surface area (Å²) in [4.78, 5) is 13.1. The molecule has 0 fully saturated rings. The maximum Gasteiger partial charge on any atom is 0.261 e. The first kappa shape index (κ1) is 21.4. The van der Waals surface area contributed by atoms with Crippen molar-refractivity contribution in [3.8, 4) is 11.3 Å². The van der Waals surface area contributed by atoms with Crippen molar-refractivity contribution in [3.63, 3.8) is 0 Å². The Balaban J connectivity index is 1.68. The number of amides is 1. The average molecular weight is 460 g/mol. The lowest BCUT2D eigenvalue weighted by Crippen LogP contribution is -2.36. The molecule has 0 radical (unpaired) electrons. The molecule has 7 nitrogen and oxygen atoms in total. The highest BCUT2D eigenvalue weighted by Gasteiger charge is 2.27. The summed E-state index contributed by atoms with van der Waals surface area (Å²) in [6.07, 6.45) is 1.56. The van der Waals surface area contributed by atoms with Gasteiger partial charge in [0, 0.05) is 17.8 Å². The Morgan fingerprint density at radius 2 is 2.03 bits per heavy atom. The van der Waals surface area contributed by atoms with E-state index in [0.717, 1.165) is 18.4 Å². The van der Waals surface area contributed by atoms with Crippen LogP contribution in [0.1, 0.15) is 35.0 Å². The molecule has 1 N–H and O–H groups in total. The summed E-state index contributed by atoms with van der Waals surface area (Å²) in [6.45, 7) is 3.72. The lowest BCUT2D eigenvalue weighted by molar-refractivity contribution is 0.102. The maximum absolute atomic E-state index is 13.1. The van der Waals surface area contributed by atoms with Crippen LogP contribution in [0.5, 0.6) is 0 Å². The standard InChI is InChI=1S/C22H22ClN3O4S/c1-3-31(28,29)26-12-6-7-15-10-11-16(13-19(15)26)24-22(27)20-14(2)30-25-21(20)17-8-4-5-9-18(17)23/h4-5,8-11,13H,3,6-7,12H2,1-2H3,(H,24,27). The number of sulfonamides is 1. The molecule has 1 amide bonds. The van der Waals surface area contributed by atoms with Crippen LogP contribution in [-0.2, 0) is 16.4 Å². The van der Waals surface area contributed by atoms with E-state index in [1.54, 1.807) is 50.2 Å². The lowest BCUT2D eigenvalue weighted by Gasteiger charge is -2.30. The molecule has 1 aliphatic rings. The highest BCUT2D eigenvalue weighted by Crippen LogP contribution is 2.34. The van der Waals surface area contributed by atoms with Gasteiger partial charge in [-0.15, -0.1) is 0 Å². The van der Waals surface area contributed by atoms with E-state index in [9.17, 15) is 13.2 Å². The second-order valence-electron chi connectivity index (χ2n) is 7.32. The zero-order valence-corrected chi connectivity index (χ0v) is 18.8. The average Bonchev–Trinajstić information content (AvgIpc) is 3.14. The van der Waals surface area contributed by atoms with Crippen molar-refractivity contribution in [2.24, 2.45) is 0 Å². The Bertz CT molecular complexity index is 1250. The van der Waals surface area contributed by atoms with Crippen LogP contribution >= 0.6 is 11.6 Å². The van der Waals surface area contributed by atoms with Gasteiger partial charge in [-0.2, -0.15) is 0 Å². The Kier molecular flexibility index (Phi) is 5.77. The zero-order valence-electron chi connectivity index (χ0n) is 17.2. The molecule has 0 spiro atoms. The minimum absolute atomic E-state index is 0.0180. The number of rotatable bonds is 5. The second kappa shape index (κ2) is 8.36. The number of hydrogen-bond donors (Lipinski definition) is 1. The molecule has 0 saturated heterocycles. The molecule has 2 aromatic carbocycles. The number of nitrogens with one attached hydrogen (secondary N) is 1. The summed E-state index contributed by atoms with van der Waals surface area (Å²) in [5.74, 6) is -0.0284. The quantitative estimate of drug-likeness (QED) is 0.599. The number of fused-ring (bicyclic) bond motifs is 1. The first-order valence-electron chi connectivity index (χ1n) is 9.97. The van der Waals surface area contributed by atoms with Gasteiger partial charge in [0.1, 0.15) is 17.0 Å². The molecule has 162 valence electrons. The molecule has 0 aliphatic carbocycles. The van der Waals surface area contributed by atoms with Gasteiger partial charge in [-0.25, -0.2) is 8.42 Å². The Hall–Kier alpha value is -2.84. The van der Waals surface area contributed by atoms with Gasteiger partial charge in [0.25, 0.3) is 5.91 Å². The van der Waals surface area contributed by atoms with E-state index in [1.807, 2.05) is 6.07 Å². The Labute approximate surface area is 186 Å². The number of hydrogen-bond acceptors (Lipinski definition) is 5. The van der Waals surface area contributed by atoms with Crippen molar-refractivity contribution in [3.05, 3.63) is 64.4 Å². The summed E-state index contributed by atoms with van der Waals surface area (Å²) in [5, 5.41) is 7.34. The molecule has 0 unspecified atom stereocenters. The molecule has 0 bridgehead atoms. The van der Waals surface area contributed by atoms with Gasteiger partial charge in [-0.05, 0) is 50.5 Å². The first-order chi connectivity index (χ1) is 14.8. The van der Waals surface area contributed by atoms with E-state index < -0.39 is 15.9 Å². The topological polar surface area (TPSA) is 92.5 Å². The third kappa shape index (κ3) is 4.05. The second-order valence-corrected chi connectivity index (χ2v) is 9.91. The number of aromatic nitrogens is 1. The number of aryl methyl sites for hydroxylation is 2. The molecule has 9 heteroatoms. The van der Waals surface area contributed by atoms with Crippen molar-refractivity contribution in [2.45, 2.75) is 26.7 Å². The number of anilines is 2. The molecule has 4 rings (SSSR count). The van der Waals surface area contributed by atoms with E-state index in [-0.39, 0.29) is 11.3 Å². The van der Waals surface area contributed by atoms with Crippen molar-refractivity contribution >= 4 is 38.9 Å². The van der Waals surface area contributed by atoms with Crippen LogP contribution in [0.15, 0.2) is 47.0 Å². The van der Waals surface area contributed by atoms with Crippen LogP contribution < -0.4 is 9.62 Å². The summed E-state index contributed by atoms with van der Waals surface area (Å²) < 4.78 is 31.7. The fourth-order valence-electron chi connectivity index (χ4n) is 3.73. The number of nitrogens with zero attached hydrogens (tertiary/aromatic N) is 2. The van der Waals surface area contributed by atoms with Crippen molar-refractivity contribution in [2.75, 3.05) is 21.9 Å². The van der Waals surface area contributed by atoms with Gasteiger partial charge < -0.3 is 9.84 Å². The van der Waals surface area contributed by atoms with Gasteiger partial charge in [0.2, 0.25) is 10.0 Å². The van der Waals surface area contributed by atoms with Crippen LogP contribution in [0.25, 0.3) is 11.3 Å².